The Morgan fingerprint density at radius 2 is 1.78 bits per heavy atom. The average molecular weight is 246 g/mol. The Morgan fingerprint density at radius 1 is 1.17 bits per heavy atom. The van der Waals surface area contributed by atoms with Gasteiger partial charge in [0, 0.05) is 30.2 Å². The van der Waals surface area contributed by atoms with E-state index in [-0.39, 0.29) is 0 Å². The molecular weight excluding hydrogens is 220 g/mol. The lowest BCUT2D eigenvalue weighted by Gasteiger charge is -2.22. The summed E-state index contributed by atoms with van der Waals surface area (Å²) in [4.78, 5) is 2.20. The lowest BCUT2D eigenvalue weighted by molar-refractivity contribution is 0.490. The first-order chi connectivity index (χ1) is 8.54. The Bertz CT molecular complexity index is 336. The molecule has 1 aliphatic rings. The van der Waals surface area contributed by atoms with Gasteiger partial charge in [0.1, 0.15) is 0 Å². The molecular formula is C16H26N2. The van der Waals surface area contributed by atoms with Gasteiger partial charge in [-0.2, -0.15) is 0 Å². The fourth-order valence-corrected chi connectivity index (χ4v) is 2.11. The maximum atomic E-state index is 4.14. The van der Waals surface area contributed by atoms with E-state index in [1.165, 1.54) is 17.0 Å². The van der Waals surface area contributed by atoms with E-state index in [2.05, 4.69) is 43.5 Å². The summed E-state index contributed by atoms with van der Waals surface area (Å²) in [6, 6.07) is 0. The number of likely N-dealkylation sites (tertiary alicyclic amines) is 1. The third kappa shape index (κ3) is 4.44. The molecule has 1 fully saturated rings. The molecule has 0 radical (unpaired) electrons. The second-order valence-electron chi connectivity index (χ2n) is 5.00. The van der Waals surface area contributed by atoms with Crippen molar-refractivity contribution in [3.05, 3.63) is 49.0 Å². The van der Waals surface area contributed by atoms with Crippen molar-refractivity contribution in [1.29, 1.82) is 0 Å². The van der Waals surface area contributed by atoms with Gasteiger partial charge in [-0.15, -0.1) is 0 Å². The van der Waals surface area contributed by atoms with Crippen molar-refractivity contribution in [1.82, 2.24) is 10.2 Å². The van der Waals surface area contributed by atoms with Gasteiger partial charge >= 0.3 is 0 Å². The number of hydrogen-bond donors (Lipinski definition) is 1. The lowest BCUT2D eigenvalue weighted by atomic mass is 10.2. The Morgan fingerprint density at radius 3 is 2.33 bits per heavy atom. The smallest absolute Gasteiger partial charge is 0.0432 e. The zero-order valence-corrected chi connectivity index (χ0v) is 11.7. The molecule has 1 rings (SSSR count). The summed E-state index contributed by atoms with van der Waals surface area (Å²) in [5.41, 5.74) is 4.69. The number of allylic oxidation sites excluding steroid dienone is 3. The third-order valence-electron chi connectivity index (χ3n) is 3.25. The minimum atomic E-state index is 0.861. The molecule has 0 bridgehead atoms. The first kappa shape index (κ1) is 14.6. The van der Waals surface area contributed by atoms with E-state index in [4.69, 9.17) is 0 Å². The highest BCUT2D eigenvalue weighted by molar-refractivity contribution is 5.19. The first-order valence-electron chi connectivity index (χ1n) is 6.76. The van der Waals surface area contributed by atoms with Crippen molar-refractivity contribution in [2.75, 3.05) is 13.1 Å². The monoisotopic (exact) mass is 246 g/mol. The molecule has 0 aliphatic carbocycles. The predicted octanol–water partition coefficient (Wildman–Crippen LogP) is 3.96. The molecule has 0 saturated carbocycles. The van der Waals surface area contributed by atoms with E-state index in [0.29, 0.717) is 0 Å². The number of nitrogens with zero attached hydrogens (tertiary/aromatic N) is 1. The highest BCUT2D eigenvalue weighted by Crippen LogP contribution is 2.28. The van der Waals surface area contributed by atoms with Crippen LogP contribution in [0.5, 0.6) is 0 Å². The van der Waals surface area contributed by atoms with Gasteiger partial charge in [-0.05, 0) is 25.7 Å². The summed E-state index contributed by atoms with van der Waals surface area (Å²) in [7, 11) is 0. The fourth-order valence-electron chi connectivity index (χ4n) is 2.11. The summed E-state index contributed by atoms with van der Waals surface area (Å²) in [5.74, 6) is 0. The second-order valence-corrected chi connectivity index (χ2v) is 5.00. The molecule has 18 heavy (non-hydrogen) atoms. The van der Waals surface area contributed by atoms with E-state index in [9.17, 15) is 0 Å². The van der Waals surface area contributed by atoms with Gasteiger partial charge in [-0.3, -0.25) is 0 Å². The molecule has 0 aromatic heterocycles. The minimum Gasteiger partial charge on any atom is -0.388 e. The quantitative estimate of drug-likeness (QED) is 0.652. The summed E-state index contributed by atoms with van der Waals surface area (Å²) in [6.07, 6.45) is 5.24. The largest absolute Gasteiger partial charge is 0.388 e. The molecule has 0 aromatic rings. The van der Waals surface area contributed by atoms with E-state index >= 15 is 0 Å². The van der Waals surface area contributed by atoms with Crippen LogP contribution in [-0.2, 0) is 0 Å². The highest BCUT2D eigenvalue weighted by atomic mass is 15.2. The first-order valence-corrected chi connectivity index (χ1v) is 6.76. The van der Waals surface area contributed by atoms with Gasteiger partial charge in [-0.1, -0.05) is 45.2 Å². The Kier molecular flexibility index (Phi) is 5.76. The van der Waals surface area contributed by atoms with Crippen LogP contribution in [0.3, 0.4) is 0 Å². The topological polar surface area (TPSA) is 15.3 Å². The summed E-state index contributed by atoms with van der Waals surface area (Å²) < 4.78 is 0. The van der Waals surface area contributed by atoms with Crippen LogP contribution in [0.15, 0.2) is 49.0 Å². The van der Waals surface area contributed by atoms with Crippen LogP contribution in [-0.4, -0.2) is 18.0 Å². The van der Waals surface area contributed by atoms with Gasteiger partial charge in [0.2, 0.25) is 0 Å². The van der Waals surface area contributed by atoms with Crippen LogP contribution in [0.25, 0.3) is 0 Å². The van der Waals surface area contributed by atoms with E-state index in [1.54, 1.807) is 0 Å². The van der Waals surface area contributed by atoms with E-state index in [0.717, 1.165) is 50.9 Å². The molecule has 1 saturated heterocycles. The van der Waals surface area contributed by atoms with Gasteiger partial charge in [-0.25, -0.2) is 0 Å². The number of nitrogens with one attached hydrogen (secondary N) is 1. The lowest BCUT2D eigenvalue weighted by Crippen LogP contribution is -2.21. The van der Waals surface area contributed by atoms with Crippen LogP contribution in [0.1, 0.15) is 39.0 Å². The van der Waals surface area contributed by atoms with Crippen molar-refractivity contribution in [3.8, 4) is 0 Å². The minimum absolute atomic E-state index is 0.861. The molecule has 0 atom stereocenters. The molecule has 0 spiro atoms. The SMILES string of the molecule is C=C(CCNC(=C)CCC)CN1C(=C)CCC1=C. The summed E-state index contributed by atoms with van der Waals surface area (Å²) >= 11 is 0. The molecule has 2 nitrogen and oxygen atoms in total. The zero-order valence-electron chi connectivity index (χ0n) is 11.7. The molecule has 100 valence electrons. The van der Waals surface area contributed by atoms with E-state index < -0.39 is 0 Å². The van der Waals surface area contributed by atoms with Crippen molar-refractivity contribution < 1.29 is 0 Å². The summed E-state index contributed by atoms with van der Waals surface area (Å²) in [5, 5.41) is 3.34. The van der Waals surface area contributed by atoms with Crippen LogP contribution < -0.4 is 5.32 Å². The summed E-state index contributed by atoms with van der Waals surface area (Å²) in [6.45, 7) is 20.2. The molecule has 0 aromatic carbocycles. The maximum Gasteiger partial charge on any atom is 0.0432 e. The Hall–Kier alpha value is -1.44. The number of hydrogen-bond acceptors (Lipinski definition) is 2. The van der Waals surface area contributed by atoms with E-state index in [1.807, 2.05) is 0 Å². The van der Waals surface area contributed by atoms with Gasteiger partial charge in [0.05, 0.1) is 0 Å². The molecule has 1 N–H and O–H groups in total. The van der Waals surface area contributed by atoms with Gasteiger partial charge in [0.15, 0.2) is 0 Å². The second kappa shape index (κ2) is 7.10. The van der Waals surface area contributed by atoms with Crippen molar-refractivity contribution in [2.24, 2.45) is 0 Å². The molecule has 0 amide bonds. The van der Waals surface area contributed by atoms with Crippen LogP contribution in [0.2, 0.25) is 0 Å². The van der Waals surface area contributed by atoms with Crippen LogP contribution >= 0.6 is 0 Å². The van der Waals surface area contributed by atoms with Crippen molar-refractivity contribution in [2.45, 2.75) is 39.0 Å². The fraction of sp³-hybridized carbons (Fsp3) is 0.500. The van der Waals surface area contributed by atoms with Crippen LogP contribution in [0.4, 0.5) is 0 Å². The highest BCUT2D eigenvalue weighted by Gasteiger charge is 2.19. The molecule has 0 unspecified atom stereocenters. The Balaban J connectivity index is 2.23. The number of rotatable bonds is 8. The third-order valence-corrected chi connectivity index (χ3v) is 3.25. The van der Waals surface area contributed by atoms with Crippen molar-refractivity contribution >= 4 is 0 Å². The normalized spacial score (nSPS) is 15.1. The molecule has 1 heterocycles. The predicted molar refractivity (Wildman–Crippen MR) is 80.0 cm³/mol. The standard InChI is InChI=1S/C16H26N2/c1-6-7-14(3)17-11-10-13(2)12-18-15(4)8-9-16(18)5/h17H,2-12H2,1H3. The van der Waals surface area contributed by atoms with Gasteiger partial charge in [0.25, 0.3) is 0 Å². The van der Waals surface area contributed by atoms with Crippen molar-refractivity contribution in [3.63, 3.8) is 0 Å². The van der Waals surface area contributed by atoms with Gasteiger partial charge < -0.3 is 10.2 Å². The Labute approximate surface area is 112 Å². The zero-order chi connectivity index (χ0) is 13.5. The van der Waals surface area contributed by atoms with Crippen LogP contribution in [0, 0.1) is 0 Å². The average Bonchev–Trinajstić information content (AvgIpc) is 2.61. The molecule has 2 heteroatoms. The maximum absolute atomic E-state index is 4.14. The molecule has 1 aliphatic heterocycles.